The molecule has 2 N–H and O–H groups in total. The summed E-state index contributed by atoms with van der Waals surface area (Å²) in [6.07, 6.45) is 1.54. The van der Waals surface area contributed by atoms with Crippen molar-refractivity contribution >= 4 is 27.6 Å². The molecule has 0 aliphatic heterocycles. The van der Waals surface area contributed by atoms with Crippen LogP contribution in [0.3, 0.4) is 0 Å². The molecule has 0 bridgehead atoms. The first-order valence-corrected chi connectivity index (χ1v) is 6.91. The zero-order valence-electron chi connectivity index (χ0n) is 11.4. The average Bonchev–Trinajstić information content (AvgIpc) is 2.30. The quantitative estimate of drug-likeness (QED) is 0.810. The summed E-state index contributed by atoms with van der Waals surface area (Å²) < 4.78 is 6.48. The van der Waals surface area contributed by atoms with Crippen molar-refractivity contribution in [2.75, 3.05) is 30.3 Å². The van der Waals surface area contributed by atoms with Crippen LogP contribution in [0.4, 0.5) is 11.6 Å². The Kier molecular flexibility index (Phi) is 5.81. The van der Waals surface area contributed by atoms with E-state index in [1.54, 1.807) is 6.33 Å². The van der Waals surface area contributed by atoms with Crippen molar-refractivity contribution in [1.82, 2.24) is 9.97 Å². The molecule has 1 aromatic rings. The Morgan fingerprint density at radius 2 is 1.83 bits per heavy atom. The molecule has 0 radical (unpaired) electrons. The smallest absolute Gasteiger partial charge is 0.146 e. The first kappa shape index (κ1) is 15.2. The van der Waals surface area contributed by atoms with Crippen LogP contribution in [0.1, 0.15) is 27.7 Å². The van der Waals surface area contributed by atoms with Gasteiger partial charge in [0.05, 0.1) is 5.60 Å². The summed E-state index contributed by atoms with van der Waals surface area (Å²) >= 11 is 3.50. The molecule has 1 rings (SSSR count). The van der Waals surface area contributed by atoms with Crippen LogP contribution in [0.15, 0.2) is 10.8 Å². The van der Waals surface area contributed by atoms with Crippen molar-refractivity contribution in [3.8, 4) is 0 Å². The van der Waals surface area contributed by atoms with Crippen molar-refractivity contribution in [3.63, 3.8) is 0 Å². The normalized spacial score (nSPS) is 11.4. The first-order valence-electron chi connectivity index (χ1n) is 6.12. The highest BCUT2D eigenvalue weighted by Crippen LogP contribution is 2.26. The van der Waals surface area contributed by atoms with Crippen LogP contribution in [0.2, 0.25) is 0 Å². The van der Waals surface area contributed by atoms with Gasteiger partial charge in [-0.15, -0.1) is 0 Å². The minimum Gasteiger partial charge on any atom is -0.374 e. The van der Waals surface area contributed by atoms with E-state index < -0.39 is 0 Å². The SMILES string of the molecule is CCNc1ncnc(NCC(C)(C)OCC)c1Br. The van der Waals surface area contributed by atoms with Gasteiger partial charge < -0.3 is 15.4 Å². The van der Waals surface area contributed by atoms with Gasteiger partial charge in [0.1, 0.15) is 22.4 Å². The second-order valence-electron chi connectivity index (χ2n) is 4.46. The fourth-order valence-electron chi connectivity index (χ4n) is 1.52. The molecule has 0 spiro atoms. The monoisotopic (exact) mass is 316 g/mol. The molecule has 0 fully saturated rings. The molecular formula is C12H21BrN4O. The summed E-state index contributed by atoms with van der Waals surface area (Å²) in [6.45, 7) is 10.3. The van der Waals surface area contributed by atoms with Gasteiger partial charge in [-0.05, 0) is 43.6 Å². The van der Waals surface area contributed by atoms with Gasteiger partial charge in [0.15, 0.2) is 0 Å². The molecule has 0 unspecified atom stereocenters. The summed E-state index contributed by atoms with van der Waals surface area (Å²) in [4.78, 5) is 8.39. The molecule has 5 nitrogen and oxygen atoms in total. The molecule has 0 aliphatic rings. The Morgan fingerprint density at radius 3 is 2.39 bits per heavy atom. The number of nitrogens with one attached hydrogen (secondary N) is 2. The summed E-state index contributed by atoms with van der Waals surface area (Å²) in [5.41, 5.74) is -0.225. The fourth-order valence-corrected chi connectivity index (χ4v) is 2.01. The maximum absolute atomic E-state index is 5.63. The lowest BCUT2D eigenvalue weighted by Crippen LogP contribution is -2.33. The molecule has 1 aromatic heterocycles. The first-order chi connectivity index (χ1) is 8.50. The molecule has 0 aliphatic carbocycles. The standard InChI is InChI=1S/C12H21BrN4O/c1-5-14-10-9(13)11(17-8-16-10)15-7-12(3,4)18-6-2/h8H,5-7H2,1-4H3,(H2,14,15,16,17). The predicted octanol–water partition coefficient (Wildman–Crippen LogP) is 2.90. The largest absolute Gasteiger partial charge is 0.374 e. The third-order valence-corrected chi connectivity index (χ3v) is 3.10. The number of nitrogens with zero attached hydrogens (tertiary/aromatic N) is 2. The van der Waals surface area contributed by atoms with Crippen LogP contribution in [-0.2, 0) is 4.74 Å². The van der Waals surface area contributed by atoms with Crippen LogP contribution in [0.25, 0.3) is 0 Å². The second kappa shape index (κ2) is 6.89. The minimum atomic E-state index is -0.225. The highest BCUT2D eigenvalue weighted by molar-refractivity contribution is 9.10. The van der Waals surface area contributed by atoms with Crippen LogP contribution >= 0.6 is 15.9 Å². The van der Waals surface area contributed by atoms with Crippen molar-refractivity contribution in [1.29, 1.82) is 0 Å². The second-order valence-corrected chi connectivity index (χ2v) is 5.25. The number of ether oxygens (including phenoxy) is 1. The molecule has 6 heteroatoms. The number of rotatable bonds is 7. The van der Waals surface area contributed by atoms with Crippen LogP contribution < -0.4 is 10.6 Å². The topological polar surface area (TPSA) is 59.1 Å². The van der Waals surface area contributed by atoms with Crippen molar-refractivity contribution in [2.24, 2.45) is 0 Å². The summed E-state index contributed by atoms with van der Waals surface area (Å²) in [5, 5.41) is 6.44. The third kappa shape index (κ3) is 4.42. The number of anilines is 2. The molecule has 0 saturated carbocycles. The molecule has 1 heterocycles. The van der Waals surface area contributed by atoms with Crippen LogP contribution in [0.5, 0.6) is 0 Å². The molecule has 0 aromatic carbocycles. The van der Waals surface area contributed by atoms with Gasteiger partial charge >= 0.3 is 0 Å². The lowest BCUT2D eigenvalue weighted by Gasteiger charge is -2.25. The van der Waals surface area contributed by atoms with Gasteiger partial charge in [-0.1, -0.05) is 0 Å². The van der Waals surface area contributed by atoms with Crippen LogP contribution in [-0.4, -0.2) is 35.3 Å². The van der Waals surface area contributed by atoms with E-state index in [-0.39, 0.29) is 5.60 Å². The van der Waals surface area contributed by atoms with E-state index in [1.807, 2.05) is 27.7 Å². The van der Waals surface area contributed by atoms with E-state index in [0.29, 0.717) is 13.2 Å². The minimum absolute atomic E-state index is 0.225. The maximum atomic E-state index is 5.63. The summed E-state index contributed by atoms with van der Waals surface area (Å²) in [5.74, 6) is 1.57. The average molecular weight is 317 g/mol. The molecule has 102 valence electrons. The van der Waals surface area contributed by atoms with Gasteiger partial charge in [0, 0.05) is 19.7 Å². The highest BCUT2D eigenvalue weighted by atomic mass is 79.9. The van der Waals surface area contributed by atoms with Gasteiger partial charge in [-0.3, -0.25) is 0 Å². The van der Waals surface area contributed by atoms with E-state index >= 15 is 0 Å². The third-order valence-electron chi connectivity index (χ3n) is 2.35. The van der Waals surface area contributed by atoms with E-state index in [2.05, 4.69) is 36.5 Å². The number of halogens is 1. The van der Waals surface area contributed by atoms with Crippen LogP contribution in [0, 0.1) is 0 Å². The molecule has 0 atom stereocenters. The van der Waals surface area contributed by atoms with Gasteiger partial charge in [-0.2, -0.15) is 0 Å². The van der Waals surface area contributed by atoms with Gasteiger partial charge in [0.2, 0.25) is 0 Å². The van der Waals surface area contributed by atoms with Crippen molar-refractivity contribution < 1.29 is 4.74 Å². The lowest BCUT2D eigenvalue weighted by molar-refractivity contribution is 0.000632. The summed E-state index contributed by atoms with van der Waals surface area (Å²) in [7, 11) is 0. The number of hydrogen-bond donors (Lipinski definition) is 2. The lowest BCUT2D eigenvalue weighted by atomic mass is 10.1. The molecule has 18 heavy (non-hydrogen) atoms. The van der Waals surface area contributed by atoms with E-state index in [0.717, 1.165) is 22.7 Å². The molecule has 0 amide bonds. The fraction of sp³-hybridized carbons (Fsp3) is 0.667. The molecule has 0 saturated heterocycles. The summed E-state index contributed by atoms with van der Waals surface area (Å²) in [6, 6.07) is 0. The Hall–Kier alpha value is -0.880. The zero-order chi connectivity index (χ0) is 13.6. The number of aromatic nitrogens is 2. The number of hydrogen-bond acceptors (Lipinski definition) is 5. The maximum Gasteiger partial charge on any atom is 0.146 e. The Balaban J connectivity index is 2.70. The Bertz CT molecular complexity index is 384. The predicted molar refractivity (Wildman–Crippen MR) is 78.1 cm³/mol. The highest BCUT2D eigenvalue weighted by Gasteiger charge is 2.18. The Labute approximate surface area is 117 Å². The van der Waals surface area contributed by atoms with E-state index in [1.165, 1.54) is 0 Å². The van der Waals surface area contributed by atoms with Gasteiger partial charge in [-0.25, -0.2) is 9.97 Å². The Morgan fingerprint density at radius 1 is 1.22 bits per heavy atom. The molecular weight excluding hydrogens is 296 g/mol. The van der Waals surface area contributed by atoms with Crippen molar-refractivity contribution in [3.05, 3.63) is 10.8 Å². The van der Waals surface area contributed by atoms with E-state index in [4.69, 9.17) is 4.74 Å². The van der Waals surface area contributed by atoms with Gasteiger partial charge in [0.25, 0.3) is 0 Å². The van der Waals surface area contributed by atoms with Crippen molar-refractivity contribution in [2.45, 2.75) is 33.3 Å². The van der Waals surface area contributed by atoms with E-state index in [9.17, 15) is 0 Å². The zero-order valence-corrected chi connectivity index (χ0v) is 13.0.